The van der Waals surface area contributed by atoms with Crippen molar-refractivity contribution >= 4 is 22.9 Å². The molecule has 36 heavy (non-hydrogen) atoms. The number of alkyl halides is 3. The van der Waals surface area contributed by atoms with Gasteiger partial charge in [0.25, 0.3) is 5.91 Å². The lowest BCUT2D eigenvalue weighted by atomic mass is 9.93. The second-order valence-electron chi connectivity index (χ2n) is 8.92. The number of nitrogens with one attached hydrogen (secondary N) is 2. The maximum Gasteiger partial charge on any atom is 0.416 e. The SMILES string of the molecule is Cc1cccc(C(=O)Nc2ccc3c(c2)C[C@H](NCc2nccs2)C3)c1-c1ccc(C(F)(F)F)cc1. The minimum Gasteiger partial charge on any atom is -0.322 e. The van der Waals surface area contributed by atoms with Crippen molar-refractivity contribution < 1.29 is 18.0 Å². The Balaban J connectivity index is 1.32. The highest BCUT2D eigenvalue weighted by Crippen LogP contribution is 2.34. The molecule has 0 spiro atoms. The van der Waals surface area contributed by atoms with Crippen LogP contribution in [0.3, 0.4) is 0 Å². The Morgan fingerprint density at radius 3 is 2.56 bits per heavy atom. The summed E-state index contributed by atoms with van der Waals surface area (Å²) in [5.74, 6) is -0.301. The minimum absolute atomic E-state index is 0.301. The number of fused-ring (bicyclic) bond motifs is 1. The Hall–Kier alpha value is -3.49. The van der Waals surface area contributed by atoms with Crippen molar-refractivity contribution in [3.05, 3.63) is 105 Å². The number of thiazole rings is 1. The van der Waals surface area contributed by atoms with Gasteiger partial charge in [0.15, 0.2) is 0 Å². The van der Waals surface area contributed by atoms with E-state index in [-0.39, 0.29) is 5.91 Å². The van der Waals surface area contributed by atoms with Crippen molar-refractivity contribution in [3.8, 4) is 11.1 Å². The fraction of sp³-hybridized carbons (Fsp3) is 0.214. The van der Waals surface area contributed by atoms with E-state index in [1.54, 1.807) is 29.7 Å². The maximum absolute atomic E-state index is 13.3. The highest BCUT2D eigenvalue weighted by atomic mass is 32.1. The van der Waals surface area contributed by atoms with Crippen LogP contribution in [0.25, 0.3) is 11.1 Å². The largest absolute Gasteiger partial charge is 0.416 e. The number of carbonyl (C=O) groups is 1. The number of hydrogen-bond acceptors (Lipinski definition) is 4. The first-order valence-corrected chi connectivity index (χ1v) is 12.5. The molecule has 0 saturated heterocycles. The van der Waals surface area contributed by atoms with Crippen molar-refractivity contribution in [2.75, 3.05) is 5.32 Å². The van der Waals surface area contributed by atoms with E-state index in [0.29, 0.717) is 28.4 Å². The van der Waals surface area contributed by atoms with E-state index in [1.165, 1.54) is 23.3 Å². The van der Waals surface area contributed by atoms with E-state index in [1.807, 2.05) is 36.6 Å². The third kappa shape index (κ3) is 5.20. The molecule has 4 aromatic rings. The summed E-state index contributed by atoms with van der Waals surface area (Å²) in [6.07, 6.45) is -0.818. The average molecular weight is 508 g/mol. The number of benzene rings is 3. The van der Waals surface area contributed by atoms with Crippen molar-refractivity contribution in [2.45, 2.75) is 38.5 Å². The third-order valence-corrected chi connectivity index (χ3v) is 7.22. The van der Waals surface area contributed by atoms with Gasteiger partial charge < -0.3 is 10.6 Å². The highest BCUT2D eigenvalue weighted by Gasteiger charge is 2.30. The van der Waals surface area contributed by atoms with Crippen LogP contribution in [0.15, 0.2) is 72.2 Å². The summed E-state index contributed by atoms with van der Waals surface area (Å²) in [5, 5.41) is 9.56. The standard InChI is InChI=1S/C28H24F3N3OS/c1-17-3-2-4-24(26(17)18-5-8-21(9-6-18)28(29,30)31)27(35)34-22-10-7-19-13-23(15-20(19)14-22)33-16-25-32-11-12-36-25/h2-12,14,23,33H,13,15-16H2,1H3,(H,34,35)/t23-/m1/s1. The van der Waals surface area contributed by atoms with E-state index in [0.717, 1.165) is 42.1 Å². The smallest absolute Gasteiger partial charge is 0.322 e. The van der Waals surface area contributed by atoms with E-state index < -0.39 is 11.7 Å². The van der Waals surface area contributed by atoms with Gasteiger partial charge in [-0.2, -0.15) is 13.2 Å². The molecule has 0 fully saturated rings. The van der Waals surface area contributed by atoms with Crippen molar-refractivity contribution in [1.82, 2.24) is 10.3 Å². The van der Waals surface area contributed by atoms with Gasteiger partial charge in [0.1, 0.15) is 5.01 Å². The normalized spacial score (nSPS) is 15.1. The molecule has 5 rings (SSSR count). The van der Waals surface area contributed by atoms with Gasteiger partial charge in [0, 0.05) is 35.4 Å². The van der Waals surface area contributed by atoms with Crippen molar-refractivity contribution in [3.63, 3.8) is 0 Å². The Kier molecular flexibility index (Phi) is 6.64. The van der Waals surface area contributed by atoms with Crippen LogP contribution in [-0.2, 0) is 25.6 Å². The van der Waals surface area contributed by atoms with E-state index in [2.05, 4.69) is 15.6 Å². The average Bonchev–Trinajstić information content (AvgIpc) is 3.51. The lowest BCUT2D eigenvalue weighted by molar-refractivity contribution is -0.137. The Morgan fingerprint density at radius 2 is 1.83 bits per heavy atom. The van der Waals surface area contributed by atoms with Crippen LogP contribution in [0.5, 0.6) is 0 Å². The number of carbonyl (C=O) groups excluding carboxylic acids is 1. The summed E-state index contributed by atoms with van der Waals surface area (Å²) >= 11 is 1.63. The maximum atomic E-state index is 13.3. The summed E-state index contributed by atoms with van der Waals surface area (Å²) in [6, 6.07) is 16.5. The molecule has 1 atom stereocenters. The molecule has 0 saturated carbocycles. The number of anilines is 1. The quantitative estimate of drug-likeness (QED) is 0.307. The molecule has 1 amide bonds. The van der Waals surface area contributed by atoms with Gasteiger partial charge in [-0.1, -0.05) is 30.3 Å². The molecule has 2 N–H and O–H groups in total. The van der Waals surface area contributed by atoms with E-state index in [9.17, 15) is 18.0 Å². The Bertz CT molecular complexity index is 1380. The molecule has 184 valence electrons. The van der Waals surface area contributed by atoms with Gasteiger partial charge in [0.2, 0.25) is 0 Å². The van der Waals surface area contributed by atoms with Crippen LogP contribution in [0.2, 0.25) is 0 Å². The number of nitrogens with zero attached hydrogens (tertiary/aromatic N) is 1. The molecule has 0 aliphatic heterocycles. The Labute approximate surface area is 211 Å². The molecule has 0 bridgehead atoms. The first-order valence-electron chi connectivity index (χ1n) is 11.6. The topological polar surface area (TPSA) is 54.0 Å². The molecule has 0 radical (unpaired) electrons. The van der Waals surface area contributed by atoms with Gasteiger partial charge in [-0.05, 0) is 77.9 Å². The van der Waals surface area contributed by atoms with Crippen LogP contribution in [0.1, 0.15) is 37.6 Å². The summed E-state index contributed by atoms with van der Waals surface area (Å²) in [5.41, 5.74) is 4.83. The predicted molar refractivity (Wildman–Crippen MR) is 136 cm³/mol. The molecule has 8 heteroatoms. The fourth-order valence-corrected chi connectivity index (χ4v) is 5.24. The van der Waals surface area contributed by atoms with Gasteiger partial charge in [-0.3, -0.25) is 4.79 Å². The number of aryl methyl sites for hydroxylation is 1. The number of halogens is 3. The molecule has 1 heterocycles. The fourth-order valence-electron chi connectivity index (χ4n) is 4.68. The summed E-state index contributed by atoms with van der Waals surface area (Å²) in [7, 11) is 0. The molecular formula is C28H24F3N3OS. The van der Waals surface area contributed by atoms with Crippen LogP contribution in [-0.4, -0.2) is 16.9 Å². The first kappa shape index (κ1) is 24.2. The summed E-state index contributed by atoms with van der Waals surface area (Å²) in [6.45, 7) is 2.58. The zero-order valence-corrected chi connectivity index (χ0v) is 20.3. The van der Waals surface area contributed by atoms with Crippen LogP contribution < -0.4 is 10.6 Å². The molecule has 1 aliphatic rings. The van der Waals surface area contributed by atoms with Crippen molar-refractivity contribution in [2.24, 2.45) is 0 Å². The third-order valence-electron chi connectivity index (χ3n) is 6.44. The molecular weight excluding hydrogens is 483 g/mol. The highest BCUT2D eigenvalue weighted by molar-refractivity contribution is 7.09. The van der Waals surface area contributed by atoms with Gasteiger partial charge >= 0.3 is 6.18 Å². The number of rotatable bonds is 6. The number of hydrogen-bond donors (Lipinski definition) is 2. The summed E-state index contributed by atoms with van der Waals surface area (Å²) < 4.78 is 39.0. The van der Waals surface area contributed by atoms with E-state index >= 15 is 0 Å². The molecule has 1 aliphatic carbocycles. The second kappa shape index (κ2) is 9.87. The minimum atomic E-state index is -4.41. The Morgan fingerprint density at radius 1 is 1.06 bits per heavy atom. The van der Waals surface area contributed by atoms with Gasteiger partial charge in [-0.15, -0.1) is 11.3 Å². The molecule has 3 aromatic carbocycles. The van der Waals surface area contributed by atoms with Crippen LogP contribution in [0.4, 0.5) is 18.9 Å². The van der Waals surface area contributed by atoms with Crippen molar-refractivity contribution in [1.29, 1.82) is 0 Å². The summed E-state index contributed by atoms with van der Waals surface area (Å²) in [4.78, 5) is 17.6. The lowest BCUT2D eigenvalue weighted by Gasteiger charge is -2.15. The number of amides is 1. The lowest BCUT2D eigenvalue weighted by Crippen LogP contribution is -2.28. The first-order chi connectivity index (χ1) is 17.3. The zero-order chi connectivity index (χ0) is 25.3. The molecule has 1 aromatic heterocycles. The van der Waals surface area contributed by atoms with Crippen LogP contribution in [0, 0.1) is 6.92 Å². The molecule has 0 unspecified atom stereocenters. The predicted octanol–water partition coefficient (Wildman–Crippen LogP) is 6.65. The van der Waals surface area contributed by atoms with E-state index in [4.69, 9.17) is 0 Å². The van der Waals surface area contributed by atoms with Crippen LogP contribution >= 0.6 is 11.3 Å². The monoisotopic (exact) mass is 507 g/mol. The molecule has 4 nitrogen and oxygen atoms in total. The zero-order valence-electron chi connectivity index (χ0n) is 19.5. The second-order valence-corrected chi connectivity index (χ2v) is 9.90. The van der Waals surface area contributed by atoms with Gasteiger partial charge in [0.05, 0.1) is 5.56 Å². The van der Waals surface area contributed by atoms with Gasteiger partial charge in [-0.25, -0.2) is 4.98 Å². The number of aromatic nitrogens is 1.